The first-order valence-corrected chi connectivity index (χ1v) is 14.3. The Labute approximate surface area is 238 Å². The van der Waals surface area contributed by atoms with E-state index in [1.807, 2.05) is 88.4 Å². The fourth-order valence-electron chi connectivity index (χ4n) is 4.90. The molecule has 0 radical (unpaired) electrons. The van der Waals surface area contributed by atoms with Crippen LogP contribution in [0.2, 0.25) is 0 Å². The lowest BCUT2D eigenvalue weighted by Gasteiger charge is -2.43. The molecule has 214 valence electrons. The van der Waals surface area contributed by atoms with Crippen LogP contribution in [0.5, 0.6) is 0 Å². The average Bonchev–Trinajstić information content (AvgIpc) is 3.18. The number of esters is 2. The van der Waals surface area contributed by atoms with Gasteiger partial charge in [-0.1, -0.05) is 74.5 Å². The van der Waals surface area contributed by atoms with Gasteiger partial charge in [-0.05, 0) is 37.3 Å². The Morgan fingerprint density at radius 1 is 0.925 bits per heavy atom. The van der Waals surface area contributed by atoms with Crippen molar-refractivity contribution in [2.24, 2.45) is 11.8 Å². The quantitative estimate of drug-likeness (QED) is 0.243. The van der Waals surface area contributed by atoms with Crippen molar-refractivity contribution in [1.29, 1.82) is 0 Å². The second kappa shape index (κ2) is 12.8. The van der Waals surface area contributed by atoms with Crippen molar-refractivity contribution >= 4 is 35.7 Å². The number of ether oxygens (including phenoxy) is 3. The third kappa shape index (κ3) is 6.96. The molecule has 0 bridgehead atoms. The molecule has 4 atom stereocenters. The summed E-state index contributed by atoms with van der Waals surface area (Å²) in [6.45, 7) is 7.74. The maximum atomic E-state index is 13.1. The Morgan fingerprint density at radius 2 is 1.50 bits per heavy atom. The van der Waals surface area contributed by atoms with Crippen LogP contribution in [0.4, 0.5) is 4.79 Å². The zero-order valence-electron chi connectivity index (χ0n) is 23.2. The molecule has 0 unspecified atom stereocenters. The van der Waals surface area contributed by atoms with E-state index in [0.717, 1.165) is 11.1 Å². The number of amides is 2. The maximum absolute atomic E-state index is 13.1. The summed E-state index contributed by atoms with van der Waals surface area (Å²) in [5, 5.41) is 2.29. The number of alkyl carbamates (subject to hydrolysis) is 1. The number of carbonyl (C=O) groups excluding carboxylic acids is 4. The molecule has 0 aliphatic carbocycles. The molecule has 2 fully saturated rings. The Morgan fingerprint density at radius 3 is 2.08 bits per heavy atom. The van der Waals surface area contributed by atoms with Crippen LogP contribution in [0.15, 0.2) is 60.7 Å². The Kier molecular flexibility index (Phi) is 9.40. The van der Waals surface area contributed by atoms with E-state index in [4.69, 9.17) is 14.2 Å². The van der Waals surface area contributed by atoms with Crippen LogP contribution in [0, 0.1) is 11.8 Å². The van der Waals surface area contributed by atoms with Gasteiger partial charge in [0.2, 0.25) is 5.91 Å². The second-order valence-electron chi connectivity index (χ2n) is 11.0. The highest BCUT2D eigenvalue weighted by molar-refractivity contribution is 8.01. The molecule has 2 aromatic carbocycles. The Hall–Kier alpha value is -3.53. The fourth-order valence-corrected chi connectivity index (χ4v) is 6.56. The van der Waals surface area contributed by atoms with Crippen molar-refractivity contribution < 1.29 is 33.4 Å². The molecular weight excluding hydrogens is 532 g/mol. The number of β-lactam (4-membered cyclic amide) rings is 1. The number of hydrogen-bond acceptors (Lipinski definition) is 8. The number of carbonyl (C=O) groups is 4. The van der Waals surface area contributed by atoms with E-state index in [1.165, 1.54) is 11.8 Å². The van der Waals surface area contributed by atoms with Gasteiger partial charge in [-0.25, -0.2) is 14.4 Å². The molecule has 2 heterocycles. The topological polar surface area (TPSA) is 111 Å². The summed E-state index contributed by atoms with van der Waals surface area (Å²) in [7, 11) is 0. The number of nitrogens with one attached hydrogen (secondary N) is 1. The van der Waals surface area contributed by atoms with E-state index in [-0.39, 0.29) is 37.0 Å². The molecule has 9 nitrogen and oxygen atoms in total. The molecule has 0 spiro atoms. The standard InChI is InChI=1S/C30H36N2O7S/c1-19(2)15-23(31-29(36)39-17-21-13-9-6-10-14-21)27(34)38-18-22-25(33)32-24(30(3,4)40-26(22)32)28(35)37-16-20-11-7-5-8-12-20/h5-14,19,22-24,26H,15-18H2,1-4H3,(H,31,36)/t22-,23+,24+,26-/m1/s1. The van der Waals surface area contributed by atoms with Gasteiger partial charge in [0.1, 0.15) is 37.8 Å². The molecule has 4 rings (SSSR count). The van der Waals surface area contributed by atoms with E-state index in [0.29, 0.717) is 6.42 Å². The summed E-state index contributed by atoms with van der Waals surface area (Å²) in [5.74, 6) is -1.82. The summed E-state index contributed by atoms with van der Waals surface area (Å²) >= 11 is 1.50. The van der Waals surface area contributed by atoms with Crippen molar-refractivity contribution in [3.63, 3.8) is 0 Å². The minimum Gasteiger partial charge on any atom is -0.463 e. The van der Waals surface area contributed by atoms with E-state index in [2.05, 4.69) is 5.32 Å². The third-order valence-corrected chi connectivity index (χ3v) is 8.53. The van der Waals surface area contributed by atoms with Crippen LogP contribution >= 0.6 is 11.8 Å². The lowest BCUT2D eigenvalue weighted by molar-refractivity contribution is -0.172. The monoisotopic (exact) mass is 568 g/mol. The second-order valence-corrected chi connectivity index (χ2v) is 12.7. The molecule has 2 amide bonds. The van der Waals surface area contributed by atoms with Gasteiger partial charge >= 0.3 is 18.0 Å². The summed E-state index contributed by atoms with van der Waals surface area (Å²) in [4.78, 5) is 53.0. The van der Waals surface area contributed by atoms with E-state index >= 15 is 0 Å². The van der Waals surface area contributed by atoms with Gasteiger partial charge < -0.3 is 24.4 Å². The highest BCUT2D eigenvalue weighted by Crippen LogP contribution is 2.53. The van der Waals surface area contributed by atoms with Crippen molar-refractivity contribution in [2.75, 3.05) is 6.61 Å². The molecule has 40 heavy (non-hydrogen) atoms. The van der Waals surface area contributed by atoms with Crippen molar-refractivity contribution in [2.45, 2.75) is 69.5 Å². The third-order valence-electron chi connectivity index (χ3n) is 6.90. The fraction of sp³-hybridized carbons (Fsp3) is 0.467. The number of fused-ring (bicyclic) bond motifs is 1. The van der Waals surface area contributed by atoms with Gasteiger partial charge in [-0.2, -0.15) is 0 Å². The average molecular weight is 569 g/mol. The number of rotatable bonds is 11. The van der Waals surface area contributed by atoms with Crippen LogP contribution in [-0.4, -0.2) is 57.7 Å². The molecular formula is C30H36N2O7S. The molecule has 2 saturated heterocycles. The van der Waals surface area contributed by atoms with Crippen LogP contribution in [0.3, 0.4) is 0 Å². The van der Waals surface area contributed by atoms with Crippen molar-refractivity contribution in [3.05, 3.63) is 71.8 Å². The van der Waals surface area contributed by atoms with Gasteiger partial charge in [0.05, 0.1) is 5.37 Å². The van der Waals surface area contributed by atoms with E-state index in [9.17, 15) is 19.2 Å². The number of hydrogen-bond donors (Lipinski definition) is 1. The number of thioether (sulfide) groups is 1. The maximum Gasteiger partial charge on any atom is 0.408 e. The SMILES string of the molecule is CC(C)C[C@H](NC(=O)OCc1ccccc1)C(=O)OC[C@@H]1C(=O)N2[C@@H]1SC(C)(C)[C@@H]2C(=O)OCc1ccccc1. The zero-order chi connectivity index (χ0) is 28.9. The van der Waals surface area contributed by atoms with Crippen LogP contribution < -0.4 is 5.32 Å². The van der Waals surface area contributed by atoms with E-state index in [1.54, 1.807) is 4.90 Å². The first-order chi connectivity index (χ1) is 19.1. The lowest BCUT2D eigenvalue weighted by Crippen LogP contribution is -2.64. The molecule has 2 aromatic rings. The summed E-state index contributed by atoms with van der Waals surface area (Å²) in [6.07, 6.45) is -0.368. The predicted molar refractivity (Wildman–Crippen MR) is 150 cm³/mol. The van der Waals surface area contributed by atoms with Crippen molar-refractivity contribution in [1.82, 2.24) is 10.2 Å². The Balaban J connectivity index is 1.30. The Bertz CT molecular complexity index is 1210. The van der Waals surface area contributed by atoms with Gasteiger partial charge in [-0.3, -0.25) is 4.79 Å². The lowest BCUT2D eigenvalue weighted by atomic mass is 9.92. The minimum atomic E-state index is -0.914. The van der Waals surface area contributed by atoms with E-state index < -0.39 is 40.8 Å². The summed E-state index contributed by atoms with van der Waals surface area (Å²) in [5.41, 5.74) is 1.69. The molecule has 0 aromatic heterocycles. The molecule has 10 heteroatoms. The zero-order valence-corrected chi connectivity index (χ0v) is 24.0. The normalized spacial score (nSPS) is 21.7. The molecule has 1 N–H and O–H groups in total. The van der Waals surface area contributed by atoms with Gasteiger partial charge in [0.25, 0.3) is 0 Å². The molecule has 0 saturated carbocycles. The van der Waals surface area contributed by atoms with Gasteiger partial charge in [0, 0.05) is 4.75 Å². The van der Waals surface area contributed by atoms with Crippen LogP contribution in [0.1, 0.15) is 45.2 Å². The first kappa shape index (κ1) is 29.5. The minimum absolute atomic E-state index is 0.0756. The van der Waals surface area contributed by atoms with Crippen LogP contribution in [-0.2, 0) is 41.8 Å². The number of nitrogens with zero attached hydrogens (tertiary/aromatic N) is 1. The summed E-state index contributed by atoms with van der Waals surface area (Å²) in [6, 6.07) is 16.9. The summed E-state index contributed by atoms with van der Waals surface area (Å²) < 4.78 is 15.8. The molecule has 2 aliphatic rings. The molecule has 2 aliphatic heterocycles. The highest BCUT2D eigenvalue weighted by Gasteiger charge is 2.64. The van der Waals surface area contributed by atoms with Gasteiger partial charge in [-0.15, -0.1) is 11.8 Å². The van der Waals surface area contributed by atoms with Gasteiger partial charge in [0.15, 0.2) is 0 Å². The smallest absolute Gasteiger partial charge is 0.408 e. The van der Waals surface area contributed by atoms with Crippen LogP contribution in [0.25, 0.3) is 0 Å². The largest absolute Gasteiger partial charge is 0.463 e. The first-order valence-electron chi connectivity index (χ1n) is 13.4. The number of benzene rings is 2. The predicted octanol–water partition coefficient (Wildman–Crippen LogP) is 4.29. The highest BCUT2D eigenvalue weighted by atomic mass is 32.2. The van der Waals surface area contributed by atoms with Crippen molar-refractivity contribution in [3.8, 4) is 0 Å².